The number of furan rings is 1. The summed E-state index contributed by atoms with van der Waals surface area (Å²) < 4.78 is 36.9. The van der Waals surface area contributed by atoms with E-state index < -0.39 is 30.1 Å². The highest BCUT2D eigenvalue weighted by Crippen LogP contribution is 2.22. The number of halogens is 2. The molecule has 5 nitrogen and oxygen atoms in total. The fraction of sp³-hybridized carbons (Fsp3) is 0.143. The predicted octanol–water partition coefficient (Wildman–Crippen LogP) is 4.34. The van der Waals surface area contributed by atoms with Crippen LogP contribution < -0.4 is 5.32 Å². The van der Waals surface area contributed by atoms with Crippen LogP contribution in [-0.2, 0) is 20.7 Å². The number of nitrogens with one attached hydrogen (secondary N) is 1. The predicted molar refractivity (Wildman–Crippen MR) is 98.4 cm³/mol. The van der Waals surface area contributed by atoms with Crippen molar-refractivity contribution in [3.05, 3.63) is 78.1 Å². The minimum atomic E-state index is -0.910. The van der Waals surface area contributed by atoms with Gasteiger partial charge in [0.1, 0.15) is 23.2 Å². The van der Waals surface area contributed by atoms with E-state index in [0.717, 1.165) is 17.7 Å². The molecular formula is C21H17F2NO4. The number of hydrogen-bond donors (Lipinski definition) is 1. The highest BCUT2D eigenvalue weighted by atomic mass is 19.1. The number of carbonyl (C=O) groups is 2. The van der Waals surface area contributed by atoms with Crippen LogP contribution in [0.1, 0.15) is 12.2 Å². The zero-order chi connectivity index (χ0) is 19.9. The zero-order valence-corrected chi connectivity index (χ0v) is 14.8. The van der Waals surface area contributed by atoms with Gasteiger partial charge >= 0.3 is 5.97 Å². The van der Waals surface area contributed by atoms with Crippen molar-refractivity contribution in [3.8, 4) is 11.3 Å². The lowest BCUT2D eigenvalue weighted by Gasteiger charge is -2.07. The van der Waals surface area contributed by atoms with E-state index in [1.54, 1.807) is 6.07 Å². The Kier molecular flexibility index (Phi) is 6.16. The second-order valence-electron chi connectivity index (χ2n) is 5.97. The van der Waals surface area contributed by atoms with Gasteiger partial charge < -0.3 is 14.5 Å². The average Bonchev–Trinajstić information content (AvgIpc) is 3.17. The molecule has 0 unspecified atom stereocenters. The number of hydrogen-bond acceptors (Lipinski definition) is 4. The highest BCUT2D eigenvalue weighted by Gasteiger charge is 2.12. The van der Waals surface area contributed by atoms with Crippen LogP contribution >= 0.6 is 0 Å². The molecule has 1 aromatic heterocycles. The summed E-state index contributed by atoms with van der Waals surface area (Å²) in [6.45, 7) is -0.566. The SMILES string of the molecule is O=C(COC(=O)CCc1ccc(-c2ccccc2)o1)Nc1ccc(F)cc1F. The Labute approximate surface area is 159 Å². The molecule has 1 heterocycles. The Morgan fingerprint density at radius 3 is 2.54 bits per heavy atom. The number of ether oxygens (including phenoxy) is 1. The Morgan fingerprint density at radius 1 is 1.00 bits per heavy atom. The van der Waals surface area contributed by atoms with E-state index in [-0.39, 0.29) is 12.1 Å². The molecule has 3 rings (SSSR count). The molecule has 0 saturated carbocycles. The van der Waals surface area contributed by atoms with Crippen LogP contribution in [0.2, 0.25) is 0 Å². The van der Waals surface area contributed by atoms with Gasteiger partial charge in [-0.15, -0.1) is 0 Å². The summed E-state index contributed by atoms with van der Waals surface area (Å²) in [5, 5.41) is 2.21. The van der Waals surface area contributed by atoms with Gasteiger partial charge in [-0.1, -0.05) is 30.3 Å². The molecule has 2 aromatic carbocycles. The first-order valence-electron chi connectivity index (χ1n) is 8.56. The molecule has 0 spiro atoms. The zero-order valence-electron chi connectivity index (χ0n) is 14.8. The van der Waals surface area contributed by atoms with E-state index in [0.29, 0.717) is 24.0 Å². The maximum Gasteiger partial charge on any atom is 0.306 e. The Morgan fingerprint density at radius 2 is 1.79 bits per heavy atom. The molecule has 0 bridgehead atoms. The van der Waals surface area contributed by atoms with Crippen molar-refractivity contribution in [2.75, 3.05) is 11.9 Å². The normalized spacial score (nSPS) is 10.5. The van der Waals surface area contributed by atoms with Crippen molar-refractivity contribution in [2.24, 2.45) is 0 Å². The third kappa shape index (κ3) is 5.26. The highest BCUT2D eigenvalue weighted by molar-refractivity contribution is 5.92. The number of esters is 1. The molecule has 0 aliphatic heterocycles. The van der Waals surface area contributed by atoms with Crippen LogP contribution in [0, 0.1) is 11.6 Å². The van der Waals surface area contributed by atoms with Gasteiger partial charge in [0.25, 0.3) is 5.91 Å². The topological polar surface area (TPSA) is 68.5 Å². The smallest absolute Gasteiger partial charge is 0.306 e. The van der Waals surface area contributed by atoms with E-state index >= 15 is 0 Å². The molecule has 0 aliphatic carbocycles. The molecular weight excluding hydrogens is 368 g/mol. The Balaban J connectivity index is 1.43. The van der Waals surface area contributed by atoms with E-state index in [2.05, 4.69) is 5.32 Å². The first-order valence-corrected chi connectivity index (χ1v) is 8.56. The van der Waals surface area contributed by atoms with E-state index in [1.807, 2.05) is 36.4 Å². The number of aryl methyl sites for hydroxylation is 1. The van der Waals surface area contributed by atoms with E-state index in [1.165, 1.54) is 0 Å². The van der Waals surface area contributed by atoms with Crippen molar-refractivity contribution in [1.82, 2.24) is 0 Å². The summed E-state index contributed by atoms with van der Waals surface area (Å²) in [6, 6.07) is 15.9. The number of benzene rings is 2. The quantitative estimate of drug-likeness (QED) is 0.615. The molecule has 0 atom stereocenters. The molecule has 7 heteroatoms. The third-order valence-corrected chi connectivity index (χ3v) is 3.86. The van der Waals surface area contributed by atoms with Gasteiger partial charge in [-0.25, -0.2) is 8.78 Å². The second kappa shape index (κ2) is 8.94. The molecule has 28 heavy (non-hydrogen) atoms. The molecule has 1 N–H and O–H groups in total. The maximum atomic E-state index is 13.5. The van der Waals surface area contributed by atoms with Crippen molar-refractivity contribution in [3.63, 3.8) is 0 Å². The van der Waals surface area contributed by atoms with Crippen molar-refractivity contribution < 1.29 is 27.5 Å². The molecule has 0 radical (unpaired) electrons. The molecule has 0 saturated heterocycles. The first kappa shape index (κ1) is 19.3. The van der Waals surface area contributed by atoms with Crippen LogP contribution in [0.15, 0.2) is 65.1 Å². The summed E-state index contributed by atoms with van der Waals surface area (Å²) in [5.41, 5.74) is 0.743. The standard InChI is InChI=1S/C21H17F2NO4/c22-15-6-9-18(17(23)12-15)24-20(25)13-27-21(26)11-8-16-7-10-19(28-16)14-4-2-1-3-5-14/h1-7,9-10,12H,8,11,13H2,(H,24,25). The fourth-order valence-corrected chi connectivity index (χ4v) is 2.49. The lowest BCUT2D eigenvalue weighted by atomic mass is 10.2. The van der Waals surface area contributed by atoms with E-state index in [9.17, 15) is 18.4 Å². The number of anilines is 1. The number of rotatable bonds is 7. The molecule has 0 aliphatic rings. The monoisotopic (exact) mass is 385 g/mol. The Bertz CT molecular complexity index is 970. The van der Waals surface area contributed by atoms with Crippen molar-refractivity contribution in [1.29, 1.82) is 0 Å². The molecule has 144 valence electrons. The Hall–Kier alpha value is -3.48. The van der Waals surface area contributed by atoms with Gasteiger partial charge in [0.2, 0.25) is 0 Å². The van der Waals surface area contributed by atoms with Gasteiger partial charge in [-0.3, -0.25) is 9.59 Å². The maximum absolute atomic E-state index is 13.5. The van der Waals surface area contributed by atoms with Crippen LogP contribution in [0.3, 0.4) is 0 Å². The summed E-state index contributed by atoms with van der Waals surface area (Å²) in [5.74, 6) is -1.66. The summed E-state index contributed by atoms with van der Waals surface area (Å²) in [6.07, 6.45) is 0.347. The largest absolute Gasteiger partial charge is 0.461 e. The number of amides is 1. The fourth-order valence-electron chi connectivity index (χ4n) is 2.49. The average molecular weight is 385 g/mol. The van der Waals surface area contributed by atoms with Crippen LogP contribution in [0.5, 0.6) is 0 Å². The van der Waals surface area contributed by atoms with Gasteiger partial charge in [0, 0.05) is 18.1 Å². The van der Waals surface area contributed by atoms with Gasteiger partial charge in [0.05, 0.1) is 12.1 Å². The van der Waals surface area contributed by atoms with Gasteiger partial charge in [-0.05, 0) is 24.3 Å². The first-order chi connectivity index (χ1) is 13.5. The lowest BCUT2D eigenvalue weighted by molar-refractivity contribution is -0.147. The van der Waals surface area contributed by atoms with E-state index in [4.69, 9.17) is 9.15 Å². The van der Waals surface area contributed by atoms with Crippen molar-refractivity contribution in [2.45, 2.75) is 12.8 Å². The van der Waals surface area contributed by atoms with Gasteiger partial charge in [-0.2, -0.15) is 0 Å². The molecule has 0 fully saturated rings. The van der Waals surface area contributed by atoms with Crippen LogP contribution in [-0.4, -0.2) is 18.5 Å². The van der Waals surface area contributed by atoms with Crippen molar-refractivity contribution >= 4 is 17.6 Å². The molecule has 1 amide bonds. The van der Waals surface area contributed by atoms with Crippen LogP contribution in [0.4, 0.5) is 14.5 Å². The number of carbonyl (C=O) groups excluding carboxylic acids is 2. The van der Waals surface area contributed by atoms with Crippen LogP contribution in [0.25, 0.3) is 11.3 Å². The summed E-state index contributed by atoms with van der Waals surface area (Å²) in [7, 11) is 0. The minimum absolute atomic E-state index is 0.0277. The summed E-state index contributed by atoms with van der Waals surface area (Å²) >= 11 is 0. The molecule has 3 aromatic rings. The minimum Gasteiger partial charge on any atom is -0.461 e. The summed E-state index contributed by atoms with van der Waals surface area (Å²) in [4.78, 5) is 23.5. The lowest BCUT2D eigenvalue weighted by Crippen LogP contribution is -2.21. The third-order valence-electron chi connectivity index (χ3n) is 3.86. The second-order valence-corrected chi connectivity index (χ2v) is 5.97. The van der Waals surface area contributed by atoms with Gasteiger partial charge in [0.15, 0.2) is 6.61 Å².